The van der Waals surface area contributed by atoms with Crippen molar-refractivity contribution < 1.29 is 9.18 Å². The maximum absolute atomic E-state index is 13.2. The predicted octanol–water partition coefficient (Wildman–Crippen LogP) is 2.44. The molecule has 1 aromatic carbocycles. The van der Waals surface area contributed by atoms with E-state index in [1.165, 1.54) is 11.3 Å². The van der Waals surface area contributed by atoms with Gasteiger partial charge in [0.2, 0.25) is 0 Å². The monoisotopic (exact) mass is 195 g/mol. The summed E-state index contributed by atoms with van der Waals surface area (Å²) >= 11 is 1.33. The Kier molecular flexibility index (Phi) is 1.77. The summed E-state index contributed by atoms with van der Waals surface area (Å²) in [5, 5.41) is 2.23. The van der Waals surface area contributed by atoms with Crippen LogP contribution in [0, 0.1) is 5.82 Å². The number of rotatable bonds is 1. The van der Waals surface area contributed by atoms with Crippen molar-refractivity contribution in [3.05, 3.63) is 28.9 Å². The van der Waals surface area contributed by atoms with E-state index in [-0.39, 0.29) is 5.56 Å². The molecule has 0 bridgehead atoms. The number of thiophene rings is 1. The van der Waals surface area contributed by atoms with Crippen LogP contribution in [0.2, 0.25) is 0 Å². The SMILES string of the molecule is Nc1c(C=O)cc(F)c2ccsc12. The van der Waals surface area contributed by atoms with Crippen LogP contribution < -0.4 is 5.73 Å². The second-order valence-electron chi connectivity index (χ2n) is 2.64. The smallest absolute Gasteiger partial charge is 0.152 e. The van der Waals surface area contributed by atoms with Gasteiger partial charge in [-0.3, -0.25) is 4.79 Å². The Morgan fingerprint density at radius 3 is 3.00 bits per heavy atom. The van der Waals surface area contributed by atoms with Crippen molar-refractivity contribution >= 4 is 33.4 Å². The van der Waals surface area contributed by atoms with Gasteiger partial charge in [0.25, 0.3) is 0 Å². The molecule has 0 atom stereocenters. The second kappa shape index (κ2) is 2.81. The highest BCUT2D eigenvalue weighted by Gasteiger charge is 2.09. The molecule has 2 aromatic rings. The third kappa shape index (κ3) is 1.10. The summed E-state index contributed by atoms with van der Waals surface area (Å²) in [5.41, 5.74) is 6.23. The summed E-state index contributed by atoms with van der Waals surface area (Å²) in [7, 11) is 0. The number of benzene rings is 1. The molecule has 0 spiro atoms. The number of anilines is 1. The van der Waals surface area contributed by atoms with Crippen LogP contribution in [0.25, 0.3) is 10.1 Å². The summed E-state index contributed by atoms with van der Waals surface area (Å²) in [6.45, 7) is 0. The average Bonchev–Trinajstić information content (AvgIpc) is 2.60. The fraction of sp³-hybridized carbons (Fsp3) is 0. The Hall–Kier alpha value is -1.42. The van der Waals surface area contributed by atoms with E-state index in [0.717, 1.165) is 6.07 Å². The number of carbonyl (C=O) groups excluding carboxylic acids is 1. The third-order valence-electron chi connectivity index (χ3n) is 1.89. The lowest BCUT2D eigenvalue weighted by Gasteiger charge is -2.00. The van der Waals surface area contributed by atoms with E-state index in [4.69, 9.17) is 5.73 Å². The topological polar surface area (TPSA) is 43.1 Å². The molecule has 1 heterocycles. The molecule has 0 aliphatic carbocycles. The molecule has 66 valence electrons. The quantitative estimate of drug-likeness (QED) is 0.561. The van der Waals surface area contributed by atoms with E-state index in [0.29, 0.717) is 22.1 Å². The number of nitrogen functional groups attached to an aromatic ring is 1. The lowest BCUT2D eigenvalue weighted by molar-refractivity contribution is 0.112. The normalized spacial score (nSPS) is 10.5. The zero-order valence-corrected chi connectivity index (χ0v) is 7.40. The average molecular weight is 195 g/mol. The molecule has 0 amide bonds. The Morgan fingerprint density at radius 2 is 2.31 bits per heavy atom. The van der Waals surface area contributed by atoms with Crippen molar-refractivity contribution in [3.63, 3.8) is 0 Å². The van der Waals surface area contributed by atoms with Gasteiger partial charge in [-0.15, -0.1) is 11.3 Å². The predicted molar refractivity (Wildman–Crippen MR) is 51.6 cm³/mol. The van der Waals surface area contributed by atoms with Crippen molar-refractivity contribution in [1.82, 2.24) is 0 Å². The molecule has 2 nitrogen and oxygen atoms in total. The largest absolute Gasteiger partial charge is 0.397 e. The van der Waals surface area contributed by atoms with Crippen LogP contribution in [0.1, 0.15) is 10.4 Å². The minimum Gasteiger partial charge on any atom is -0.397 e. The maximum Gasteiger partial charge on any atom is 0.152 e. The van der Waals surface area contributed by atoms with Gasteiger partial charge in [0.1, 0.15) is 5.82 Å². The Morgan fingerprint density at radius 1 is 1.54 bits per heavy atom. The number of halogens is 1. The van der Waals surface area contributed by atoms with Gasteiger partial charge >= 0.3 is 0 Å². The number of aldehydes is 1. The number of carbonyl (C=O) groups is 1. The Labute approximate surface area is 77.8 Å². The molecule has 0 radical (unpaired) electrons. The summed E-state index contributed by atoms with van der Waals surface area (Å²) in [5.74, 6) is -0.396. The lowest BCUT2D eigenvalue weighted by atomic mass is 10.1. The summed E-state index contributed by atoms with van der Waals surface area (Å²) in [6.07, 6.45) is 0.567. The fourth-order valence-electron chi connectivity index (χ4n) is 1.23. The first kappa shape index (κ1) is 8.19. The number of nitrogens with two attached hydrogens (primary N) is 1. The van der Waals surface area contributed by atoms with Crippen LogP contribution in [0.15, 0.2) is 17.5 Å². The van der Waals surface area contributed by atoms with Crippen LogP contribution in [0.4, 0.5) is 10.1 Å². The van der Waals surface area contributed by atoms with Crippen LogP contribution in [-0.4, -0.2) is 6.29 Å². The second-order valence-corrected chi connectivity index (χ2v) is 3.56. The summed E-state index contributed by atoms with van der Waals surface area (Å²) in [6, 6.07) is 2.82. The highest BCUT2D eigenvalue weighted by Crippen LogP contribution is 2.31. The molecule has 0 saturated heterocycles. The zero-order chi connectivity index (χ0) is 9.42. The minimum atomic E-state index is -0.396. The minimum absolute atomic E-state index is 0.215. The first-order valence-corrected chi connectivity index (χ1v) is 4.52. The first-order chi connectivity index (χ1) is 6.24. The van der Waals surface area contributed by atoms with Gasteiger partial charge in [0, 0.05) is 10.9 Å². The van der Waals surface area contributed by atoms with E-state index in [1.807, 2.05) is 0 Å². The van der Waals surface area contributed by atoms with Gasteiger partial charge in [-0.05, 0) is 17.5 Å². The molecule has 0 aliphatic rings. The van der Waals surface area contributed by atoms with Crippen LogP contribution in [0.3, 0.4) is 0 Å². The fourth-order valence-corrected chi connectivity index (χ4v) is 2.10. The van der Waals surface area contributed by atoms with Crippen LogP contribution in [-0.2, 0) is 0 Å². The number of hydrogen-bond acceptors (Lipinski definition) is 3. The molecule has 1 aromatic heterocycles. The van der Waals surface area contributed by atoms with Crippen molar-refractivity contribution in [2.45, 2.75) is 0 Å². The molecular weight excluding hydrogens is 189 g/mol. The van der Waals surface area contributed by atoms with Crippen LogP contribution in [0.5, 0.6) is 0 Å². The summed E-state index contributed by atoms with van der Waals surface area (Å²) in [4.78, 5) is 10.5. The van der Waals surface area contributed by atoms with Crippen molar-refractivity contribution in [2.75, 3.05) is 5.73 Å². The highest BCUT2D eigenvalue weighted by atomic mass is 32.1. The highest BCUT2D eigenvalue weighted by molar-refractivity contribution is 7.17. The molecule has 0 aliphatic heterocycles. The molecular formula is C9H6FNOS. The molecule has 4 heteroatoms. The van der Waals surface area contributed by atoms with Crippen molar-refractivity contribution in [2.24, 2.45) is 0 Å². The van der Waals surface area contributed by atoms with Gasteiger partial charge in [-0.1, -0.05) is 0 Å². The van der Waals surface area contributed by atoms with E-state index in [1.54, 1.807) is 11.4 Å². The molecule has 0 saturated carbocycles. The molecule has 2 N–H and O–H groups in total. The molecule has 0 unspecified atom stereocenters. The van der Waals surface area contributed by atoms with Crippen LogP contribution >= 0.6 is 11.3 Å². The lowest BCUT2D eigenvalue weighted by Crippen LogP contribution is -1.94. The molecule has 13 heavy (non-hydrogen) atoms. The van der Waals surface area contributed by atoms with Crippen molar-refractivity contribution in [1.29, 1.82) is 0 Å². The third-order valence-corrected chi connectivity index (χ3v) is 2.84. The maximum atomic E-state index is 13.2. The van der Waals surface area contributed by atoms with E-state index >= 15 is 0 Å². The number of hydrogen-bond donors (Lipinski definition) is 1. The summed E-state index contributed by atoms with van der Waals surface area (Å²) < 4.78 is 13.9. The number of fused-ring (bicyclic) bond motifs is 1. The Bertz CT molecular complexity index is 478. The van der Waals surface area contributed by atoms with Gasteiger partial charge in [-0.2, -0.15) is 0 Å². The van der Waals surface area contributed by atoms with Gasteiger partial charge in [-0.25, -0.2) is 4.39 Å². The first-order valence-electron chi connectivity index (χ1n) is 3.64. The van der Waals surface area contributed by atoms with Gasteiger partial charge in [0.05, 0.1) is 10.4 Å². The standard InChI is InChI=1S/C9H6FNOS/c10-7-3-5(4-12)8(11)9-6(7)1-2-13-9/h1-4H,11H2. The van der Waals surface area contributed by atoms with Gasteiger partial charge < -0.3 is 5.73 Å². The van der Waals surface area contributed by atoms with E-state index in [2.05, 4.69) is 0 Å². The molecule has 2 rings (SSSR count). The zero-order valence-electron chi connectivity index (χ0n) is 6.58. The Balaban J connectivity index is 2.93. The van der Waals surface area contributed by atoms with Crippen molar-refractivity contribution in [3.8, 4) is 0 Å². The van der Waals surface area contributed by atoms with E-state index in [9.17, 15) is 9.18 Å². The van der Waals surface area contributed by atoms with Gasteiger partial charge in [0.15, 0.2) is 6.29 Å². The molecule has 0 fully saturated rings. The van der Waals surface area contributed by atoms with E-state index < -0.39 is 5.82 Å².